The van der Waals surface area contributed by atoms with Gasteiger partial charge in [0.2, 0.25) is 5.91 Å². The minimum Gasteiger partial charge on any atom is -0.497 e. The van der Waals surface area contributed by atoms with E-state index in [1.54, 1.807) is 14.2 Å². The number of ether oxygens (including phenoxy) is 2. The van der Waals surface area contributed by atoms with E-state index in [1.807, 2.05) is 36.5 Å². The standard InChI is InChI=1S/C24H31N3O3/c1-29-20-11-10-18(22(14-20)30-2)15-27-13-5-6-19(16-27)23(21-7-3-4-12-25-21)26-24(28)17-8-9-17/h3-4,7,10-12,14,17,19,23H,5-6,8-9,13,15-16H2,1-2H3,(H,26,28). The minimum atomic E-state index is -0.0418. The van der Waals surface area contributed by atoms with Crippen LogP contribution in [0.5, 0.6) is 11.5 Å². The number of carbonyl (C=O) groups is 1. The average molecular weight is 410 g/mol. The van der Waals surface area contributed by atoms with Crippen LogP contribution >= 0.6 is 0 Å². The normalized spacial score (nSPS) is 20.4. The van der Waals surface area contributed by atoms with Crippen LogP contribution in [-0.2, 0) is 11.3 Å². The fraction of sp³-hybridized carbons (Fsp3) is 0.500. The highest BCUT2D eigenvalue weighted by molar-refractivity contribution is 5.81. The molecule has 1 saturated carbocycles. The number of hydrogen-bond donors (Lipinski definition) is 1. The number of likely N-dealkylation sites (tertiary alicyclic amines) is 1. The van der Waals surface area contributed by atoms with Gasteiger partial charge in [0.05, 0.1) is 26.0 Å². The molecule has 1 aliphatic carbocycles. The van der Waals surface area contributed by atoms with E-state index in [2.05, 4.69) is 21.3 Å². The second-order valence-corrected chi connectivity index (χ2v) is 8.33. The molecule has 0 spiro atoms. The summed E-state index contributed by atoms with van der Waals surface area (Å²) >= 11 is 0. The zero-order chi connectivity index (χ0) is 20.9. The van der Waals surface area contributed by atoms with E-state index >= 15 is 0 Å². The number of pyridine rings is 1. The van der Waals surface area contributed by atoms with Gasteiger partial charge in [-0.2, -0.15) is 0 Å². The lowest BCUT2D eigenvalue weighted by Gasteiger charge is -2.37. The lowest BCUT2D eigenvalue weighted by molar-refractivity contribution is -0.123. The van der Waals surface area contributed by atoms with Crippen LogP contribution in [0.15, 0.2) is 42.6 Å². The number of methoxy groups -OCH3 is 2. The maximum Gasteiger partial charge on any atom is 0.223 e. The number of hydrogen-bond acceptors (Lipinski definition) is 5. The monoisotopic (exact) mass is 409 g/mol. The van der Waals surface area contributed by atoms with E-state index in [1.165, 1.54) is 0 Å². The van der Waals surface area contributed by atoms with Crippen LogP contribution in [0.2, 0.25) is 0 Å². The van der Waals surface area contributed by atoms with Crippen LogP contribution in [-0.4, -0.2) is 43.1 Å². The molecular weight excluding hydrogens is 378 g/mol. The van der Waals surface area contributed by atoms with Crippen molar-refractivity contribution in [1.29, 1.82) is 0 Å². The molecule has 6 nitrogen and oxygen atoms in total. The number of amides is 1. The minimum absolute atomic E-state index is 0.0418. The number of nitrogens with zero attached hydrogens (tertiary/aromatic N) is 2. The van der Waals surface area contributed by atoms with E-state index in [9.17, 15) is 4.79 Å². The third kappa shape index (κ3) is 4.93. The Morgan fingerprint density at radius 2 is 2.07 bits per heavy atom. The Labute approximate surface area is 178 Å². The van der Waals surface area contributed by atoms with Crippen LogP contribution in [0, 0.1) is 11.8 Å². The summed E-state index contributed by atoms with van der Waals surface area (Å²) < 4.78 is 10.9. The Hall–Kier alpha value is -2.60. The van der Waals surface area contributed by atoms with Crippen molar-refractivity contribution >= 4 is 5.91 Å². The van der Waals surface area contributed by atoms with Gasteiger partial charge in [-0.25, -0.2) is 0 Å². The molecule has 1 aliphatic heterocycles. The highest BCUT2D eigenvalue weighted by atomic mass is 16.5. The SMILES string of the molecule is COc1ccc(CN2CCCC(C(NC(=O)C3CC3)c3ccccn3)C2)c(OC)c1. The second kappa shape index (κ2) is 9.47. The number of carbonyl (C=O) groups excluding carboxylic acids is 1. The molecule has 1 amide bonds. The maximum absolute atomic E-state index is 12.6. The molecule has 2 aliphatic rings. The molecule has 2 heterocycles. The van der Waals surface area contributed by atoms with E-state index in [0.717, 1.165) is 68.1 Å². The van der Waals surface area contributed by atoms with Crippen LogP contribution in [0.25, 0.3) is 0 Å². The van der Waals surface area contributed by atoms with Crippen molar-refractivity contribution in [2.24, 2.45) is 11.8 Å². The highest BCUT2D eigenvalue weighted by Crippen LogP contribution is 2.34. The Bertz CT molecular complexity index is 854. The summed E-state index contributed by atoms with van der Waals surface area (Å²) in [6, 6.07) is 11.9. The molecule has 0 radical (unpaired) electrons. The van der Waals surface area contributed by atoms with Gasteiger partial charge in [0.15, 0.2) is 0 Å². The first-order valence-corrected chi connectivity index (χ1v) is 10.8. The van der Waals surface area contributed by atoms with Gasteiger partial charge in [-0.05, 0) is 56.3 Å². The summed E-state index contributed by atoms with van der Waals surface area (Å²) in [5.74, 6) is 2.35. The van der Waals surface area contributed by atoms with Gasteiger partial charge in [0, 0.05) is 36.8 Å². The van der Waals surface area contributed by atoms with Gasteiger partial charge in [-0.15, -0.1) is 0 Å². The van der Waals surface area contributed by atoms with Crippen molar-refractivity contribution in [3.05, 3.63) is 53.9 Å². The first-order chi connectivity index (χ1) is 14.7. The van der Waals surface area contributed by atoms with Crippen molar-refractivity contribution in [2.75, 3.05) is 27.3 Å². The number of nitrogens with one attached hydrogen (secondary N) is 1. The summed E-state index contributed by atoms with van der Waals surface area (Å²) in [6.45, 7) is 2.77. The molecule has 1 saturated heterocycles. The number of rotatable bonds is 8. The summed E-state index contributed by atoms with van der Waals surface area (Å²) in [6.07, 6.45) is 6.02. The molecule has 1 N–H and O–H groups in total. The smallest absolute Gasteiger partial charge is 0.223 e. The van der Waals surface area contributed by atoms with E-state index in [-0.39, 0.29) is 17.9 Å². The first-order valence-electron chi connectivity index (χ1n) is 10.8. The van der Waals surface area contributed by atoms with Crippen LogP contribution in [0.1, 0.15) is 43.0 Å². The molecule has 0 bridgehead atoms. The third-order valence-electron chi connectivity index (χ3n) is 6.15. The summed E-state index contributed by atoms with van der Waals surface area (Å²) in [4.78, 5) is 19.6. The fourth-order valence-electron chi connectivity index (χ4n) is 4.34. The molecule has 4 rings (SSSR count). The maximum atomic E-state index is 12.6. The van der Waals surface area contributed by atoms with Crippen molar-refractivity contribution in [1.82, 2.24) is 15.2 Å². The van der Waals surface area contributed by atoms with E-state index < -0.39 is 0 Å². The third-order valence-corrected chi connectivity index (χ3v) is 6.15. The summed E-state index contributed by atoms with van der Waals surface area (Å²) in [7, 11) is 3.36. The van der Waals surface area contributed by atoms with Gasteiger partial charge >= 0.3 is 0 Å². The lowest BCUT2D eigenvalue weighted by atomic mass is 9.88. The zero-order valence-electron chi connectivity index (χ0n) is 17.8. The topological polar surface area (TPSA) is 63.7 Å². The van der Waals surface area contributed by atoms with Gasteiger partial charge in [0.1, 0.15) is 11.5 Å². The van der Waals surface area contributed by atoms with Crippen LogP contribution < -0.4 is 14.8 Å². The Morgan fingerprint density at radius 1 is 1.20 bits per heavy atom. The van der Waals surface area contributed by atoms with Crippen LogP contribution in [0.4, 0.5) is 0 Å². The van der Waals surface area contributed by atoms with E-state index in [0.29, 0.717) is 5.92 Å². The Balaban J connectivity index is 1.49. The molecule has 2 atom stereocenters. The summed E-state index contributed by atoms with van der Waals surface area (Å²) in [5, 5.41) is 3.32. The quantitative estimate of drug-likeness (QED) is 0.722. The molecule has 1 aromatic carbocycles. The molecule has 160 valence electrons. The highest BCUT2D eigenvalue weighted by Gasteiger charge is 2.35. The number of aromatic nitrogens is 1. The first kappa shape index (κ1) is 20.7. The molecule has 1 aromatic heterocycles. The predicted molar refractivity (Wildman–Crippen MR) is 115 cm³/mol. The molecule has 2 fully saturated rings. The Morgan fingerprint density at radius 3 is 2.77 bits per heavy atom. The van der Waals surface area contributed by atoms with Crippen molar-refractivity contribution in [3.63, 3.8) is 0 Å². The van der Waals surface area contributed by atoms with Gasteiger partial charge in [-0.3, -0.25) is 14.7 Å². The second-order valence-electron chi connectivity index (χ2n) is 8.33. The lowest BCUT2D eigenvalue weighted by Crippen LogP contribution is -2.43. The van der Waals surface area contributed by atoms with Crippen LogP contribution in [0.3, 0.4) is 0 Å². The molecular formula is C24H31N3O3. The number of piperidine rings is 1. The van der Waals surface area contributed by atoms with Crippen molar-refractivity contribution in [3.8, 4) is 11.5 Å². The zero-order valence-corrected chi connectivity index (χ0v) is 17.8. The van der Waals surface area contributed by atoms with Crippen molar-refractivity contribution < 1.29 is 14.3 Å². The summed E-state index contributed by atoms with van der Waals surface area (Å²) in [5.41, 5.74) is 2.11. The Kier molecular flexibility index (Phi) is 6.53. The van der Waals surface area contributed by atoms with Gasteiger partial charge in [0.25, 0.3) is 0 Å². The molecule has 6 heteroatoms. The molecule has 30 heavy (non-hydrogen) atoms. The predicted octanol–water partition coefficient (Wildman–Crippen LogP) is 3.58. The van der Waals surface area contributed by atoms with Gasteiger partial charge < -0.3 is 14.8 Å². The van der Waals surface area contributed by atoms with Gasteiger partial charge in [-0.1, -0.05) is 12.1 Å². The van der Waals surface area contributed by atoms with Crippen molar-refractivity contribution in [2.45, 2.75) is 38.3 Å². The molecule has 2 unspecified atom stereocenters. The number of benzene rings is 1. The average Bonchev–Trinajstić information content (AvgIpc) is 3.64. The van der Waals surface area contributed by atoms with E-state index in [4.69, 9.17) is 9.47 Å². The largest absolute Gasteiger partial charge is 0.497 e. The fourth-order valence-corrected chi connectivity index (χ4v) is 4.34. The molecule has 2 aromatic rings.